The van der Waals surface area contributed by atoms with Gasteiger partial charge in [-0.1, -0.05) is 27.5 Å². The summed E-state index contributed by atoms with van der Waals surface area (Å²) >= 11 is 14.5. The van der Waals surface area contributed by atoms with E-state index < -0.39 is 17.6 Å². The molecule has 162 valence electrons. The zero-order valence-electron chi connectivity index (χ0n) is 16.9. The molecule has 0 aliphatic carbocycles. The van der Waals surface area contributed by atoms with E-state index in [9.17, 15) is 14.0 Å². The van der Waals surface area contributed by atoms with E-state index >= 15 is 0 Å². The van der Waals surface area contributed by atoms with Crippen molar-refractivity contribution in [3.05, 3.63) is 86.4 Å². The van der Waals surface area contributed by atoms with E-state index in [-0.39, 0.29) is 21.4 Å². The summed E-state index contributed by atoms with van der Waals surface area (Å²) in [5.41, 5.74) is 3.65. The molecule has 2 heterocycles. The quantitative estimate of drug-likeness (QED) is 0.276. The predicted octanol–water partition coefficient (Wildman–Crippen LogP) is 5.48. The minimum Gasteiger partial charge on any atom is -0.318 e. The summed E-state index contributed by atoms with van der Waals surface area (Å²) in [5.74, 6) is -1.83. The average molecular weight is 533 g/mol. The molecule has 0 atom stereocenters. The summed E-state index contributed by atoms with van der Waals surface area (Å²) in [7, 11) is 0. The van der Waals surface area contributed by atoms with Crippen LogP contribution in [0.5, 0.6) is 0 Å². The topological polar surface area (TPSA) is 54.3 Å². The largest absolute Gasteiger partial charge is 0.318 e. The van der Waals surface area contributed by atoms with Gasteiger partial charge in [0.15, 0.2) is 5.11 Å². The number of aromatic nitrogens is 1. The number of thiocarbonyl (C=S) groups is 1. The lowest BCUT2D eigenvalue weighted by molar-refractivity contribution is -0.122. The van der Waals surface area contributed by atoms with Crippen LogP contribution in [0.3, 0.4) is 0 Å². The Morgan fingerprint density at radius 3 is 2.38 bits per heavy atom. The number of amides is 2. The van der Waals surface area contributed by atoms with Gasteiger partial charge in [0.05, 0.1) is 10.7 Å². The van der Waals surface area contributed by atoms with Crippen LogP contribution in [0.25, 0.3) is 11.8 Å². The monoisotopic (exact) mass is 531 g/mol. The molecule has 2 amide bonds. The number of hydrogen-bond donors (Lipinski definition) is 1. The number of carbonyl (C=O) groups is 2. The van der Waals surface area contributed by atoms with E-state index in [1.54, 1.807) is 0 Å². The lowest BCUT2D eigenvalue weighted by Gasteiger charge is -2.29. The van der Waals surface area contributed by atoms with Gasteiger partial charge >= 0.3 is 0 Å². The molecular weight excluding hydrogens is 517 g/mol. The van der Waals surface area contributed by atoms with Crippen molar-refractivity contribution in [1.82, 2.24) is 9.88 Å². The Kier molecular flexibility index (Phi) is 6.03. The standard InChI is InChI=1S/C23H16BrClFN3O2S/c1-12-9-14(13(2)28(12)16-5-3-15(24)4-6-16)10-18-21(30)27-23(32)29(22(18)31)17-7-8-20(26)19(25)11-17/h3-11H,1-2H3,(H,27,30,32)/b18-10-. The molecule has 9 heteroatoms. The molecule has 0 saturated carbocycles. The van der Waals surface area contributed by atoms with Crippen LogP contribution in [-0.4, -0.2) is 21.5 Å². The van der Waals surface area contributed by atoms with Crippen LogP contribution in [0.1, 0.15) is 17.0 Å². The minimum atomic E-state index is -0.619. The van der Waals surface area contributed by atoms with Gasteiger partial charge in [0.2, 0.25) is 0 Å². The van der Waals surface area contributed by atoms with Gasteiger partial charge in [-0.15, -0.1) is 0 Å². The normalized spacial score (nSPS) is 15.5. The van der Waals surface area contributed by atoms with Crippen molar-refractivity contribution in [3.63, 3.8) is 0 Å². The molecule has 0 bridgehead atoms. The third-order valence-electron chi connectivity index (χ3n) is 5.12. The Balaban J connectivity index is 1.76. The maximum Gasteiger partial charge on any atom is 0.270 e. The van der Waals surface area contributed by atoms with Gasteiger partial charge < -0.3 is 4.57 Å². The molecular formula is C23H16BrClFN3O2S. The van der Waals surface area contributed by atoms with E-state index in [2.05, 4.69) is 21.2 Å². The fourth-order valence-corrected chi connectivity index (χ4v) is 4.31. The smallest absolute Gasteiger partial charge is 0.270 e. The molecule has 2 aromatic carbocycles. The lowest BCUT2D eigenvalue weighted by atomic mass is 10.1. The maximum absolute atomic E-state index is 13.6. The van der Waals surface area contributed by atoms with Crippen LogP contribution in [0.2, 0.25) is 5.02 Å². The number of halogens is 3. The van der Waals surface area contributed by atoms with Crippen LogP contribution in [0.4, 0.5) is 10.1 Å². The molecule has 32 heavy (non-hydrogen) atoms. The third-order valence-corrected chi connectivity index (χ3v) is 6.22. The zero-order chi connectivity index (χ0) is 23.2. The summed E-state index contributed by atoms with van der Waals surface area (Å²) in [6, 6.07) is 13.5. The summed E-state index contributed by atoms with van der Waals surface area (Å²) < 4.78 is 16.6. The molecule has 1 fully saturated rings. The Morgan fingerprint density at radius 2 is 1.72 bits per heavy atom. The number of aryl methyl sites for hydroxylation is 1. The van der Waals surface area contributed by atoms with Crippen LogP contribution >= 0.6 is 39.7 Å². The third kappa shape index (κ3) is 4.01. The van der Waals surface area contributed by atoms with Crippen molar-refractivity contribution in [1.29, 1.82) is 0 Å². The van der Waals surface area contributed by atoms with Gasteiger partial charge in [0.1, 0.15) is 11.4 Å². The van der Waals surface area contributed by atoms with Crippen molar-refractivity contribution in [3.8, 4) is 5.69 Å². The van der Waals surface area contributed by atoms with Gasteiger partial charge in [-0.3, -0.25) is 19.8 Å². The summed E-state index contributed by atoms with van der Waals surface area (Å²) in [6.07, 6.45) is 1.54. The Labute approximate surface area is 202 Å². The molecule has 0 unspecified atom stereocenters. The number of benzene rings is 2. The van der Waals surface area contributed by atoms with E-state index in [1.807, 2.05) is 48.7 Å². The second-order valence-electron chi connectivity index (χ2n) is 7.19. The first-order valence-electron chi connectivity index (χ1n) is 9.49. The number of hydrogen-bond acceptors (Lipinski definition) is 3. The van der Waals surface area contributed by atoms with E-state index in [0.717, 1.165) is 32.5 Å². The van der Waals surface area contributed by atoms with Gasteiger partial charge in [-0.05, 0) is 86.2 Å². The Bertz CT molecular complexity index is 1320. The molecule has 4 rings (SSSR count). The van der Waals surface area contributed by atoms with Crippen molar-refractivity contribution in [2.45, 2.75) is 13.8 Å². The molecule has 1 aromatic heterocycles. The van der Waals surface area contributed by atoms with Gasteiger partial charge in [-0.2, -0.15) is 0 Å². The SMILES string of the molecule is Cc1cc(/C=C2/C(=O)NC(=S)N(c3ccc(F)c(Cl)c3)C2=O)c(C)n1-c1ccc(Br)cc1. The Hall–Kier alpha value is -2.81. The number of nitrogens with one attached hydrogen (secondary N) is 1. The minimum absolute atomic E-state index is 0.0879. The van der Waals surface area contributed by atoms with E-state index in [1.165, 1.54) is 18.2 Å². The van der Waals surface area contributed by atoms with Crippen LogP contribution in [0.15, 0.2) is 58.6 Å². The number of rotatable bonds is 3. The summed E-state index contributed by atoms with van der Waals surface area (Å²) in [6.45, 7) is 3.86. The second kappa shape index (κ2) is 8.61. The highest BCUT2D eigenvalue weighted by Crippen LogP contribution is 2.28. The first-order valence-corrected chi connectivity index (χ1v) is 11.1. The van der Waals surface area contributed by atoms with E-state index in [4.69, 9.17) is 23.8 Å². The van der Waals surface area contributed by atoms with Gasteiger partial charge in [0.25, 0.3) is 11.8 Å². The Morgan fingerprint density at radius 1 is 1.06 bits per heavy atom. The van der Waals surface area contributed by atoms with Crippen molar-refractivity contribution in [2.75, 3.05) is 4.90 Å². The number of carbonyl (C=O) groups excluding carboxylic acids is 2. The molecule has 1 N–H and O–H groups in total. The molecule has 1 saturated heterocycles. The summed E-state index contributed by atoms with van der Waals surface area (Å²) in [4.78, 5) is 27.0. The fraction of sp³-hybridized carbons (Fsp3) is 0.0870. The zero-order valence-corrected chi connectivity index (χ0v) is 20.1. The van der Waals surface area contributed by atoms with Crippen molar-refractivity contribution >= 4 is 68.4 Å². The van der Waals surface area contributed by atoms with Gasteiger partial charge in [0, 0.05) is 21.5 Å². The van der Waals surface area contributed by atoms with Gasteiger partial charge in [-0.25, -0.2) is 4.39 Å². The number of nitrogens with zero attached hydrogens (tertiary/aromatic N) is 2. The van der Waals surface area contributed by atoms with Crippen molar-refractivity contribution in [2.24, 2.45) is 0 Å². The molecule has 0 radical (unpaired) electrons. The highest BCUT2D eigenvalue weighted by Gasteiger charge is 2.35. The van der Waals surface area contributed by atoms with Crippen molar-refractivity contribution < 1.29 is 14.0 Å². The van der Waals surface area contributed by atoms with Crippen LogP contribution in [-0.2, 0) is 9.59 Å². The summed E-state index contributed by atoms with van der Waals surface area (Å²) in [5, 5.41) is 2.27. The van der Waals surface area contributed by atoms with E-state index in [0.29, 0.717) is 5.56 Å². The highest BCUT2D eigenvalue weighted by molar-refractivity contribution is 9.10. The molecule has 1 aliphatic heterocycles. The molecule has 0 spiro atoms. The molecule has 1 aliphatic rings. The molecule has 3 aromatic rings. The average Bonchev–Trinajstić information content (AvgIpc) is 3.01. The van der Waals surface area contributed by atoms with Crippen LogP contribution < -0.4 is 10.2 Å². The first kappa shape index (κ1) is 22.4. The maximum atomic E-state index is 13.6. The second-order valence-corrected chi connectivity index (χ2v) is 8.90. The van der Waals surface area contributed by atoms with Crippen LogP contribution in [0, 0.1) is 19.7 Å². The lowest BCUT2D eigenvalue weighted by Crippen LogP contribution is -2.54. The first-order chi connectivity index (χ1) is 15.2. The number of anilines is 1. The molecule has 5 nitrogen and oxygen atoms in total. The highest BCUT2D eigenvalue weighted by atomic mass is 79.9. The fourth-order valence-electron chi connectivity index (χ4n) is 3.59. The predicted molar refractivity (Wildman–Crippen MR) is 131 cm³/mol.